The Morgan fingerprint density at radius 1 is 1.47 bits per heavy atom. The third-order valence-corrected chi connectivity index (χ3v) is 3.27. The number of hydrogen-bond donors (Lipinski definition) is 1. The van der Waals surface area contributed by atoms with Crippen LogP contribution < -0.4 is 5.32 Å². The molecule has 82 valence electrons. The van der Waals surface area contributed by atoms with Crippen molar-refractivity contribution >= 4 is 11.6 Å². The van der Waals surface area contributed by atoms with E-state index < -0.39 is 0 Å². The minimum atomic E-state index is 0.377. The molecule has 0 aromatic carbocycles. The number of nitrogens with zero attached hydrogens (tertiary/aromatic N) is 2. The molecule has 0 unspecified atom stereocenters. The number of aromatic nitrogens is 1. The summed E-state index contributed by atoms with van der Waals surface area (Å²) in [5.74, 6) is 0. The van der Waals surface area contributed by atoms with Gasteiger partial charge >= 0.3 is 0 Å². The Kier molecular flexibility index (Phi) is 3.57. The van der Waals surface area contributed by atoms with Gasteiger partial charge in [0.25, 0.3) is 0 Å². The van der Waals surface area contributed by atoms with Gasteiger partial charge in [-0.2, -0.15) is 0 Å². The highest BCUT2D eigenvalue weighted by atomic mass is 35.5. The third kappa shape index (κ3) is 2.48. The molecule has 1 N–H and O–H groups in total. The van der Waals surface area contributed by atoms with Gasteiger partial charge in [-0.25, -0.2) is 0 Å². The first-order valence-corrected chi connectivity index (χ1v) is 5.71. The van der Waals surface area contributed by atoms with Gasteiger partial charge in [-0.1, -0.05) is 11.6 Å². The van der Waals surface area contributed by atoms with Crippen LogP contribution in [0.15, 0.2) is 18.5 Å². The number of piperazine rings is 1. The molecular weight excluding hydrogens is 210 g/mol. The van der Waals surface area contributed by atoms with Gasteiger partial charge in [0.15, 0.2) is 0 Å². The van der Waals surface area contributed by atoms with Crippen molar-refractivity contribution in [1.29, 1.82) is 0 Å². The lowest BCUT2D eigenvalue weighted by atomic mass is 10.1. The van der Waals surface area contributed by atoms with Gasteiger partial charge in [-0.15, -0.1) is 0 Å². The maximum Gasteiger partial charge on any atom is 0.0637 e. The highest BCUT2D eigenvalue weighted by molar-refractivity contribution is 6.31. The monoisotopic (exact) mass is 225 g/mol. The van der Waals surface area contributed by atoms with E-state index in [1.807, 2.05) is 6.07 Å². The Morgan fingerprint density at radius 2 is 2.20 bits per heavy atom. The van der Waals surface area contributed by atoms with Crippen molar-refractivity contribution in [2.75, 3.05) is 26.2 Å². The molecule has 1 aromatic heterocycles. The standard InChI is InChI=1S/C11H16ClN3/c1-9(15-6-4-13-5-7-15)10-2-3-14-8-11(10)12/h2-3,8-9,13H,4-7H2,1H3/t9-/m0/s1. The fourth-order valence-electron chi connectivity index (χ4n) is 1.99. The summed E-state index contributed by atoms with van der Waals surface area (Å²) >= 11 is 6.13. The molecule has 15 heavy (non-hydrogen) atoms. The number of hydrogen-bond acceptors (Lipinski definition) is 3. The molecule has 3 nitrogen and oxygen atoms in total. The van der Waals surface area contributed by atoms with Crippen molar-refractivity contribution in [2.24, 2.45) is 0 Å². The number of rotatable bonds is 2. The molecular formula is C11H16ClN3. The molecule has 0 saturated carbocycles. The molecule has 0 aliphatic carbocycles. The maximum atomic E-state index is 6.13. The Hall–Kier alpha value is -0.640. The third-order valence-electron chi connectivity index (χ3n) is 2.95. The molecule has 2 rings (SSSR count). The van der Waals surface area contributed by atoms with Crippen molar-refractivity contribution in [3.8, 4) is 0 Å². The fraction of sp³-hybridized carbons (Fsp3) is 0.545. The summed E-state index contributed by atoms with van der Waals surface area (Å²) in [7, 11) is 0. The van der Waals surface area contributed by atoms with Gasteiger partial charge in [-0.3, -0.25) is 9.88 Å². The molecule has 1 saturated heterocycles. The predicted molar refractivity (Wildman–Crippen MR) is 62.1 cm³/mol. The van der Waals surface area contributed by atoms with Gasteiger partial charge in [0, 0.05) is 44.6 Å². The van der Waals surface area contributed by atoms with Crippen LogP contribution in [0.2, 0.25) is 5.02 Å². The summed E-state index contributed by atoms with van der Waals surface area (Å²) in [4.78, 5) is 6.45. The van der Waals surface area contributed by atoms with E-state index in [0.717, 1.165) is 31.2 Å². The van der Waals surface area contributed by atoms with Crippen molar-refractivity contribution < 1.29 is 0 Å². The zero-order valence-corrected chi connectivity index (χ0v) is 9.67. The Bertz CT molecular complexity index is 323. The Balaban J connectivity index is 2.12. The molecule has 0 radical (unpaired) electrons. The van der Waals surface area contributed by atoms with Gasteiger partial charge in [0.1, 0.15) is 0 Å². The van der Waals surface area contributed by atoms with Crippen LogP contribution in [-0.4, -0.2) is 36.1 Å². The minimum absolute atomic E-state index is 0.377. The summed E-state index contributed by atoms with van der Waals surface area (Å²) in [6.45, 7) is 6.49. The second-order valence-electron chi connectivity index (χ2n) is 3.86. The second-order valence-corrected chi connectivity index (χ2v) is 4.27. The Morgan fingerprint density at radius 3 is 2.87 bits per heavy atom. The average molecular weight is 226 g/mol. The van der Waals surface area contributed by atoms with Crippen LogP contribution in [0.5, 0.6) is 0 Å². The van der Waals surface area contributed by atoms with Crippen LogP contribution in [0, 0.1) is 0 Å². The highest BCUT2D eigenvalue weighted by Gasteiger charge is 2.19. The number of halogens is 1. The first-order valence-electron chi connectivity index (χ1n) is 5.33. The largest absolute Gasteiger partial charge is 0.314 e. The molecule has 1 atom stereocenters. The van der Waals surface area contributed by atoms with E-state index in [9.17, 15) is 0 Å². The minimum Gasteiger partial charge on any atom is -0.314 e. The molecule has 1 fully saturated rings. The molecule has 4 heteroatoms. The molecule has 0 spiro atoms. The maximum absolute atomic E-state index is 6.13. The van der Waals surface area contributed by atoms with Gasteiger partial charge < -0.3 is 5.32 Å². The van der Waals surface area contributed by atoms with Gasteiger partial charge in [0.05, 0.1) is 5.02 Å². The van der Waals surface area contributed by atoms with Crippen LogP contribution in [0.25, 0.3) is 0 Å². The van der Waals surface area contributed by atoms with Gasteiger partial charge in [0.2, 0.25) is 0 Å². The topological polar surface area (TPSA) is 28.2 Å². The van der Waals surface area contributed by atoms with Crippen LogP contribution in [0.3, 0.4) is 0 Å². The summed E-state index contributed by atoms with van der Waals surface area (Å²) < 4.78 is 0. The van der Waals surface area contributed by atoms with E-state index >= 15 is 0 Å². The molecule has 1 aliphatic rings. The smallest absolute Gasteiger partial charge is 0.0637 e. The number of pyridine rings is 1. The quantitative estimate of drug-likeness (QED) is 0.831. The van der Waals surface area contributed by atoms with E-state index in [1.165, 1.54) is 5.56 Å². The van der Waals surface area contributed by atoms with Crippen LogP contribution in [-0.2, 0) is 0 Å². The van der Waals surface area contributed by atoms with Crippen molar-refractivity contribution in [3.05, 3.63) is 29.0 Å². The summed E-state index contributed by atoms with van der Waals surface area (Å²) in [6, 6.07) is 2.39. The molecule has 1 aliphatic heterocycles. The highest BCUT2D eigenvalue weighted by Crippen LogP contribution is 2.26. The lowest BCUT2D eigenvalue weighted by Crippen LogP contribution is -2.44. The molecule has 2 heterocycles. The van der Waals surface area contributed by atoms with E-state index in [2.05, 4.69) is 22.1 Å². The lowest BCUT2D eigenvalue weighted by molar-refractivity contribution is 0.185. The second kappa shape index (κ2) is 4.92. The predicted octanol–water partition coefficient (Wildman–Crippen LogP) is 1.70. The fourth-order valence-corrected chi connectivity index (χ4v) is 2.27. The van der Waals surface area contributed by atoms with E-state index in [0.29, 0.717) is 6.04 Å². The Labute approximate surface area is 95.4 Å². The summed E-state index contributed by atoms with van der Waals surface area (Å²) in [5, 5.41) is 4.12. The SMILES string of the molecule is C[C@@H](c1ccncc1Cl)N1CCNCC1. The first-order chi connectivity index (χ1) is 7.29. The molecule has 0 bridgehead atoms. The van der Waals surface area contributed by atoms with Crippen molar-refractivity contribution in [3.63, 3.8) is 0 Å². The average Bonchev–Trinajstić information content (AvgIpc) is 2.30. The zero-order chi connectivity index (χ0) is 10.7. The van der Waals surface area contributed by atoms with E-state index in [-0.39, 0.29) is 0 Å². The zero-order valence-electron chi connectivity index (χ0n) is 8.91. The van der Waals surface area contributed by atoms with Crippen LogP contribution in [0.1, 0.15) is 18.5 Å². The van der Waals surface area contributed by atoms with Gasteiger partial charge in [-0.05, 0) is 18.6 Å². The normalized spacial score (nSPS) is 20.1. The van der Waals surface area contributed by atoms with Crippen molar-refractivity contribution in [1.82, 2.24) is 15.2 Å². The lowest BCUT2D eigenvalue weighted by Gasteiger charge is -2.33. The van der Waals surface area contributed by atoms with Crippen LogP contribution in [0.4, 0.5) is 0 Å². The van der Waals surface area contributed by atoms with E-state index in [4.69, 9.17) is 11.6 Å². The molecule has 1 aromatic rings. The van der Waals surface area contributed by atoms with E-state index in [1.54, 1.807) is 12.4 Å². The first kappa shape index (κ1) is 10.9. The summed E-state index contributed by atoms with van der Waals surface area (Å²) in [5.41, 5.74) is 1.17. The van der Waals surface area contributed by atoms with Crippen molar-refractivity contribution in [2.45, 2.75) is 13.0 Å². The number of nitrogens with one attached hydrogen (secondary N) is 1. The van der Waals surface area contributed by atoms with Crippen LogP contribution >= 0.6 is 11.6 Å². The molecule has 0 amide bonds. The summed E-state index contributed by atoms with van der Waals surface area (Å²) in [6.07, 6.45) is 3.52.